The van der Waals surface area contributed by atoms with Crippen LogP contribution in [0, 0.1) is 25.2 Å². The van der Waals surface area contributed by atoms with Gasteiger partial charge in [-0.25, -0.2) is 13.1 Å². The van der Waals surface area contributed by atoms with Gasteiger partial charge >= 0.3 is 0 Å². The maximum Gasteiger partial charge on any atom is 0.244 e. The van der Waals surface area contributed by atoms with Crippen LogP contribution < -0.4 is 4.72 Å². The first-order valence-electron chi connectivity index (χ1n) is 7.88. The van der Waals surface area contributed by atoms with E-state index in [9.17, 15) is 8.42 Å². The minimum Gasteiger partial charge on any atom is -0.377 e. The molecule has 3 rings (SSSR count). The molecule has 6 nitrogen and oxygen atoms in total. The van der Waals surface area contributed by atoms with Gasteiger partial charge in [-0.3, -0.25) is 4.68 Å². The standard InChI is InChI=1S/C15H25N3O3S/c1-6-18-10(3)12(9(2)16-18)22(19,20)17-13-11-7-8-21-14(11)15(13,4)5/h11,13-14,17H,6-8H2,1-5H3. The van der Waals surface area contributed by atoms with Crippen molar-refractivity contribution in [2.45, 2.75) is 64.6 Å². The minimum absolute atomic E-state index is 0.0752. The highest BCUT2D eigenvalue weighted by Crippen LogP contribution is 2.52. The van der Waals surface area contributed by atoms with Crippen molar-refractivity contribution in [2.75, 3.05) is 6.61 Å². The molecule has 1 aliphatic carbocycles. The molecule has 0 bridgehead atoms. The molecule has 2 aliphatic rings. The van der Waals surface area contributed by atoms with Crippen molar-refractivity contribution in [1.82, 2.24) is 14.5 Å². The summed E-state index contributed by atoms with van der Waals surface area (Å²) in [4.78, 5) is 0.326. The van der Waals surface area contributed by atoms with Crippen molar-refractivity contribution in [3.05, 3.63) is 11.4 Å². The van der Waals surface area contributed by atoms with E-state index in [1.54, 1.807) is 11.6 Å². The Labute approximate surface area is 132 Å². The number of aryl methyl sites for hydroxylation is 2. The van der Waals surface area contributed by atoms with Crippen LogP contribution in [0.15, 0.2) is 4.90 Å². The van der Waals surface area contributed by atoms with E-state index in [-0.39, 0.29) is 23.5 Å². The molecule has 3 unspecified atom stereocenters. The van der Waals surface area contributed by atoms with E-state index in [2.05, 4.69) is 23.7 Å². The van der Waals surface area contributed by atoms with Gasteiger partial charge in [-0.1, -0.05) is 13.8 Å². The fourth-order valence-electron chi connectivity index (χ4n) is 4.17. The molecule has 22 heavy (non-hydrogen) atoms. The average Bonchev–Trinajstić information content (AvgIpc) is 2.99. The molecule has 0 radical (unpaired) electrons. The Morgan fingerprint density at radius 2 is 2.09 bits per heavy atom. The Morgan fingerprint density at radius 1 is 1.41 bits per heavy atom. The number of ether oxygens (including phenoxy) is 1. The molecule has 1 saturated heterocycles. The summed E-state index contributed by atoms with van der Waals surface area (Å²) in [5.74, 6) is 0.284. The lowest BCUT2D eigenvalue weighted by atomic mass is 9.58. The predicted octanol–water partition coefficient (Wildman–Crippen LogP) is 1.61. The lowest BCUT2D eigenvalue weighted by molar-refractivity contribution is -0.105. The first-order valence-corrected chi connectivity index (χ1v) is 9.36. The van der Waals surface area contributed by atoms with E-state index in [1.165, 1.54) is 0 Å². The molecular weight excluding hydrogens is 302 g/mol. The number of nitrogens with zero attached hydrogens (tertiary/aromatic N) is 2. The molecule has 1 aliphatic heterocycles. The average molecular weight is 327 g/mol. The highest BCUT2D eigenvalue weighted by atomic mass is 32.2. The summed E-state index contributed by atoms with van der Waals surface area (Å²) in [5, 5.41) is 4.32. The smallest absolute Gasteiger partial charge is 0.244 e. The molecule has 1 aromatic rings. The molecule has 0 spiro atoms. The van der Waals surface area contributed by atoms with Crippen LogP contribution in [0.2, 0.25) is 0 Å². The molecule has 1 N–H and O–H groups in total. The number of hydrogen-bond donors (Lipinski definition) is 1. The number of fused-ring (bicyclic) bond motifs is 1. The summed E-state index contributed by atoms with van der Waals surface area (Å²) in [6, 6.07) is -0.0752. The second-order valence-corrected chi connectivity index (χ2v) is 8.63. The Hall–Kier alpha value is -0.920. The topological polar surface area (TPSA) is 73.2 Å². The van der Waals surface area contributed by atoms with Crippen LogP contribution in [0.25, 0.3) is 0 Å². The van der Waals surface area contributed by atoms with Gasteiger partial charge in [0.05, 0.1) is 17.5 Å². The van der Waals surface area contributed by atoms with Gasteiger partial charge in [0.2, 0.25) is 10.0 Å². The molecule has 3 atom stereocenters. The third kappa shape index (κ3) is 2.13. The van der Waals surface area contributed by atoms with Crippen LogP contribution in [0.4, 0.5) is 0 Å². The van der Waals surface area contributed by atoms with Gasteiger partial charge in [-0.2, -0.15) is 5.10 Å². The Morgan fingerprint density at radius 3 is 2.68 bits per heavy atom. The lowest BCUT2D eigenvalue weighted by Crippen LogP contribution is -2.66. The lowest BCUT2D eigenvalue weighted by Gasteiger charge is -2.54. The molecule has 0 amide bonds. The zero-order valence-corrected chi connectivity index (χ0v) is 14.7. The molecule has 124 valence electrons. The van der Waals surface area contributed by atoms with Crippen molar-refractivity contribution < 1.29 is 13.2 Å². The number of sulfonamides is 1. The van der Waals surface area contributed by atoms with E-state index in [0.29, 0.717) is 22.8 Å². The third-order valence-corrected chi connectivity index (χ3v) is 6.96. The Bertz CT molecular complexity index is 693. The first-order chi connectivity index (χ1) is 10.2. The van der Waals surface area contributed by atoms with Crippen molar-refractivity contribution in [2.24, 2.45) is 11.3 Å². The summed E-state index contributed by atoms with van der Waals surface area (Å²) in [7, 11) is -3.57. The van der Waals surface area contributed by atoms with E-state index < -0.39 is 10.0 Å². The largest absolute Gasteiger partial charge is 0.377 e. The molecule has 2 fully saturated rings. The third-order valence-electron chi connectivity index (χ3n) is 5.27. The van der Waals surface area contributed by atoms with Crippen LogP contribution in [-0.2, 0) is 21.3 Å². The zero-order chi connectivity index (χ0) is 16.3. The number of aromatic nitrogens is 2. The molecule has 2 heterocycles. The van der Waals surface area contributed by atoms with E-state index in [0.717, 1.165) is 13.0 Å². The molecule has 1 saturated carbocycles. The maximum atomic E-state index is 12.9. The van der Waals surface area contributed by atoms with Crippen LogP contribution in [-0.4, -0.2) is 37.0 Å². The summed E-state index contributed by atoms with van der Waals surface area (Å²) < 4.78 is 36.2. The zero-order valence-electron chi connectivity index (χ0n) is 13.9. The van der Waals surface area contributed by atoms with Crippen molar-refractivity contribution >= 4 is 10.0 Å². The highest BCUT2D eigenvalue weighted by molar-refractivity contribution is 7.89. The van der Waals surface area contributed by atoms with Crippen molar-refractivity contribution in [3.8, 4) is 0 Å². The minimum atomic E-state index is -3.57. The van der Waals surface area contributed by atoms with Gasteiger partial charge in [0.15, 0.2) is 0 Å². The van der Waals surface area contributed by atoms with Crippen molar-refractivity contribution in [3.63, 3.8) is 0 Å². The van der Waals surface area contributed by atoms with Crippen LogP contribution >= 0.6 is 0 Å². The van der Waals surface area contributed by atoms with Gasteiger partial charge in [-0.05, 0) is 27.2 Å². The monoisotopic (exact) mass is 327 g/mol. The first kappa shape index (κ1) is 16.0. The summed E-state index contributed by atoms with van der Waals surface area (Å²) in [6.07, 6.45) is 1.09. The molecule has 7 heteroatoms. The predicted molar refractivity (Wildman–Crippen MR) is 83.1 cm³/mol. The Balaban J connectivity index is 1.90. The van der Waals surface area contributed by atoms with E-state index in [1.807, 2.05) is 13.8 Å². The second-order valence-electron chi connectivity index (χ2n) is 6.98. The summed E-state index contributed by atoms with van der Waals surface area (Å²) in [6.45, 7) is 11.0. The van der Waals surface area contributed by atoms with Gasteiger partial charge < -0.3 is 4.74 Å². The van der Waals surface area contributed by atoms with Gasteiger partial charge in [0.1, 0.15) is 4.90 Å². The fraction of sp³-hybridized carbons (Fsp3) is 0.800. The number of rotatable bonds is 4. The van der Waals surface area contributed by atoms with Crippen molar-refractivity contribution in [1.29, 1.82) is 0 Å². The number of hydrogen-bond acceptors (Lipinski definition) is 4. The fourth-order valence-corrected chi connectivity index (χ4v) is 6.02. The molecule has 1 aromatic heterocycles. The van der Waals surface area contributed by atoms with Crippen LogP contribution in [0.5, 0.6) is 0 Å². The summed E-state index contributed by atoms with van der Waals surface area (Å²) in [5.41, 5.74) is 1.09. The van der Waals surface area contributed by atoms with Gasteiger partial charge in [0.25, 0.3) is 0 Å². The van der Waals surface area contributed by atoms with Crippen LogP contribution in [0.3, 0.4) is 0 Å². The SMILES string of the molecule is CCn1nc(C)c(S(=O)(=O)NC2C3CCOC3C2(C)C)c1C. The van der Waals surface area contributed by atoms with Gasteiger partial charge in [0, 0.05) is 30.5 Å². The molecular formula is C15H25N3O3S. The number of nitrogens with one attached hydrogen (secondary N) is 1. The highest BCUT2D eigenvalue weighted by Gasteiger charge is 2.60. The van der Waals surface area contributed by atoms with Crippen LogP contribution in [0.1, 0.15) is 38.6 Å². The summed E-state index contributed by atoms with van der Waals surface area (Å²) >= 11 is 0. The second kappa shape index (κ2) is 5.04. The van der Waals surface area contributed by atoms with Gasteiger partial charge in [-0.15, -0.1) is 0 Å². The van der Waals surface area contributed by atoms with E-state index >= 15 is 0 Å². The Kier molecular flexibility index (Phi) is 3.66. The maximum absolute atomic E-state index is 12.9. The quantitative estimate of drug-likeness (QED) is 0.912. The van der Waals surface area contributed by atoms with E-state index in [4.69, 9.17) is 4.74 Å². The molecule has 0 aromatic carbocycles. The normalized spacial score (nSPS) is 30.1.